The summed E-state index contributed by atoms with van der Waals surface area (Å²) < 4.78 is 24.3. The van der Waals surface area contributed by atoms with Gasteiger partial charge >= 0.3 is 0 Å². The first kappa shape index (κ1) is 24.4. The number of hydrogen-bond acceptors (Lipinski definition) is 3. The van der Waals surface area contributed by atoms with Gasteiger partial charge in [-0.05, 0) is 78.6 Å². The van der Waals surface area contributed by atoms with Crippen LogP contribution in [0.1, 0.15) is 18.1 Å². The van der Waals surface area contributed by atoms with Gasteiger partial charge in [0.1, 0.15) is 5.82 Å². The Kier molecular flexibility index (Phi) is 7.73. The lowest BCUT2D eigenvalue weighted by molar-refractivity contribution is -0.116. The summed E-state index contributed by atoms with van der Waals surface area (Å²) >= 11 is 6.31. The molecule has 0 unspecified atom stereocenters. The standard InChI is InChI=1S/C28H26ClFN2O3/c1-3-35-28-23(29)16-18(17-25(28)34-2)8-13-26(33)31-15-14-22-21-6-4-5-7-24(21)32-27(22)19-9-11-20(30)12-10-19/h4-13,16-17,32H,3,14-15H2,1-2H3,(H,31,33). The molecule has 35 heavy (non-hydrogen) atoms. The van der Waals surface area contributed by atoms with Crippen molar-refractivity contribution in [3.63, 3.8) is 0 Å². The van der Waals surface area contributed by atoms with Crippen molar-refractivity contribution in [2.24, 2.45) is 0 Å². The highest BCUT2D eigenvalue weighted by Gasteiger charge is 2.14. The predicted octanol–water partition coefficient (Wildman–Crippen LogP) is 6.41. The number of halogens is 2. The predicted molar refractivity (Wildman–Crippen MR) is 139 cm³/mol. The Labute approximate surface area is 208 Å². The third-order valence-electron chi connectivity index (χ3n) is 5.59. The number of amides is 1. The number of nitrogens with one attached hydrogen (secondary N) is 2. The number of methoxy groups -OCH3 is 1. The zero-order valence-electron chi connectivity index (χ0n) is 19.5. The fourth-order valence-electron chi connectivity index (χ4n) is 3.98. The van der Waals surface area contributed by atoms with Gasteiger partial charge in [-0.2, -0.15) is 0 Å². The minimum atomic E-state index is -0.281. The van der Waals surface area contributed by atoms with E-state index in [0.717, 1.165) is 33.3 Å². The summed E-state index contributed by atoms with van der Waals surface area (Å²) in [6, 6.07) is 17.9. The van der Waals surface area contributed by atoms with Crippen molar-refractivity contribution in [3.8, 4) is 22.8 Å². The number of carbonyl (C=O) groups excluding carboxylic acids is 1. The average Bonchev–Trinajstić information content (AvgIpc) is 3.23. The van der Waals surface area contributed by atoms with Crippen molar-refractivity contribution in [3.05, 3.63) is 88.7 Å². The van der Waals surface area contributed by atoms with E-state index >= 15 is 0 Å². The van der Waals surface area contributed by atoms with E-state index in [1.807, 2.05) is 31.2 Å². The third-order valence-corrected chi connectivity index (χ3v) is 5.87. The summed E-state index contributed by atoms with van der Waals surface area (Å²) in [5.74, 6) is 0.482. The number of H-pyrrole nitrogens is 1. The second-order valence-electron chi connectivity index (χ2n) is 7.87. The molecule has 3 aromatic carbocycles. The Morgan fingerprint density at radius 2 is 1.91 bits per heavy atom. The van der Waals surface area contributed by atoms with Gasteiger partial charge in [0, 0.05) is 29.2 Å². The fourth-order valence-corrected chi connectivity index (χ4v) is 4.26. The van der Waals surface area contributed by atoms with Gasteiger partial charge in [-0.3, -0.25) is 4.79 Å². The molecule has 0 atom stereocenters. The summed E-state index contributed by atoms with van der Waals surface area (Å²) in [5.41, 5.74) is 4.60. The quantitative estimate of drug-likeness (QED) is 0.265. The van der Waals surface area contributed by atoms with Gasteiger partial charge in [-0.25, -0.2) is 4.39 Å². The summed E-state index contributed by atoms with van der Waals surface area (Å²) in [7, 11) is 1.54. The van der Waals surface area contributed by atoms with Crippen LogP contribution in [0.3, 0.4) is 0 Å². The molecule has 0 spiro atoms. The Morgan fingerprint density at radius 3 is 2.66 bits per heavy atom. The minimum Gasteiger partial charge on any atom is -0.493 e. The number of ether oxygens (including phenoxy) is 2. The molecule has 5 nitrogen and oxygen atoms in total. The molecule has 4 aromatic rings. The molecule has 0 aliphatic carbocycles. The average molecular weight is 493 g/mol. The first-order valence-corrected chi connectivity index (χ1v) is 11.7. The van der Waals surface area contributed by atoms with Gasteiger partial charge in [0.15, 0.2) is 11.5 Å². The maximum absolute atomic E-state index is 13.4. The molecule has 0 aliphatic rings. The van der Waals surface area contributed by atoms with Crippen molar-refractivity contribution in [2.75, 3.05) is 20.3 Å². The second-order valence-corrected chi connectivity index (χ2v) is 8.28. The van der Waals surface area contributed by atoms with Crippen LogP contribution in [-0.2, 0) is 11.2 Å². The molecule has 180 valence electrons. The molecule has 1 heterocycles. The molecule has 7 heteroatoms. The van der Waals surface area contributed by atoms with Crippen molar-refractivity contribution < 1.29 is 18.7 Å². The van der Waals surface area contributed by atoms with Crippen LogP contribution in [0, 0.1) is 5.82 Å². The highest BCUT2D eigenvalue weighted by Crippen LogP contribution is 2.36. The lowest BCUT2D eigenvalue weighted by Crippen LogP contribution is -2.23. The highest BCUT2D eigenvalue weighted by atomic mass is 35.5. The molecule has 1 aromatic heterocycles. The zero-order valence-corrected chi connectivity index (χ0v) is 20.3. The molecule has 0 fully saturated rings. The van der Waals surface area contributed by atoms with Gasteiger partial charge in [0.2, 0.25) is 5.91 Å². The molecular formula is C28H26ClFN2O3. The largest absolute Gasteiger partial charge is 0.493 e. The zero-order chi connectivity index (χ0) is 24.8. The summed E-state index contributed by atoms with van der Waals surface area (Å²) in [5, 5.41) is 4.42. The summed E-state index contributed by atoms with van der Waals surface area (Å²) in [6.45, 7) is 2.77. The van der Waals surface area contributed by atoms with Crippen LogP contribution in [0.2, 0.25) is 5.02 Å². The van der Waals surface area contributed by atoms with E-state index < -0.39 is 0 Å². The number of benzene rings is 3. The lowest BCUT2D eigenvalue weighted by atomic mass is 10.0. The SMILES string of the molecule is CCOc1c(Cl)cc(C=CC(=O)NCCc2c(-c3ccc(F)cc3)[nH]c3ccccc23)cc1OC. The van der Waals surface area contributed by atoms with Crippen LogP contribution in [0.4, 0.5) is 4.39 Å². The first-order chi connectivity index (χ1) is 17.0. The van der Waals surface area contributed by atoms with Crippen LogP contribution < -0.4 is 14.8 Å². The van der Waals surface area contributed by atoms with Gasteiger partial charge in [0.05, 0.1) is 18.7 Å². The highest BCUT2D eigenvalue weighted by molar-refractivity contribution is 6.32. The third kappa shape index (κ3) is 5.66. The van der Waals surface area contributed by atoms with Gasteiger partial charge in [-0.15, -0.1) is 0 Å². The number of fused-ring (bicyclic) bond motifs is 1. The minimum absolute atomic E-state index is 0.225. The summed E-state index contributed by atoms with van der Waals surface area (Å²) in [4.78, 5) is 15.9. The molecule has 0 saturated carbocycles. The van der Waals surface area contributed by atoms with Gasteiger partial charge < -0.3 is 19.8 Å². The van der Waals surface area contributed by atoms with E-state index in [4.69, 9.17) is 21.1 Å². The lowest BCUT2D eigenvalue weighted by Gasteiger charge is -2.11. The van der Waals surface area contributed by atoms with Crippen molar-refractivity contribution in [1.29, 1.82) is 0 Å². The Balaban J connectivity index is 1.46. The number of aromatic amines is 1. The van der Waals surface area contributed by atoms with E-state index in [1.165, 1.54) is 18.2 Å². The topological polar surface area (TPSA) is 63.3 Å². The molecule has 2 N–H and O–H groups in total. The normalized spacial score (nSPS) is 11.2. The molecule has 0 bridgehead atoms. The Hall–Kier alpha value is -3.77. The second kappa shape index (κ2) is 11.1. The Bertz CT molecular complexity index is 1360. The van der Waals surface area contributed by atoms with Crippen LogP contribution in [-0.4, -0.2) is 31.2 Å². The van der Waals surface area contributed by atoms with Crippen molar-refractivity contribution >= 4 is 34.5 Å². The fraction of sp³-hybridized carbons (Fsp3) is 0.179. The molecule has 0 radical (unpaired) electrons. The van der Waals surface area contributed by atoms with Crippen LogP contribution in [0.15, 0.2) is 66.7 Å². The van der Waals surface area contributed by atoms with E-state index in [9.17, 15) is 9.18 Å². The number of rotatable bonds is 9. The van der Waals surface area contributed by atoms with E-state index in [1.54, 1.807) is 37.5 Å². The smallest absolute Gasteiger partial charge is 0.244 e. The number of para-hydroxylation sites is 1. The monoisotopic (exact) mass is 492 g/mol. The van der Waals surface area contributed by atoms with Crippen LogP contribution >= 0.6 is 11.6 Å². The van der Waals surface area contributed by atoms with Crippen molar-refractivity contribution in [1.82, 2.24) is 10.3 Å². The molecular weight excluding hydrogens is 467 g/mol. The van der Waals surface area contributed by atoms with Gasteiger partial charge in [0.25, 0.3) is 0 Å². The molecule has 0 aliphatic heterocycles. The number of hydrogen-bond donors (Lipinski definition) is 2. The van der Waals surface area contributed by atoms with Crippen molar-refractivity contribution in [2.45, 2.75) is 13.3 Å². The van der Waals surface area contributed by atoms with E-state index in [0.29, 0.717) is 36.1 Å². The molecule has 0 saturated heterocycles. The van der Waals surface area contributed by atoms with Crippen LogP contribution in [0.25, 0.3) is 28.2 Å². The number of aromatic nitrogens is 1. The maximum Gasteiger partial charge on any atom is 0.244 e. The summed E-state index contributed by atoms with van der Waals surface area (Å²) in [6.07, 6.45) is 3.75. The first-order valence-electron chi connectivity index (χ1n) is 11.3. The van der Waals surface area contributed by atoms with Gasteiger partial charge in [-0.1, -0.05) is 29.8 Å². The van der Waals surface area contributed by atoms with E-state index in [2.05, 4.69) is 10.3 Å². The maximum atomic E-state index is 13.4. The number of carbonyl (C=O) groups is 1. The Morgan fingerprint density at radius 1 is 1.14 bits per heavy atom. The van der Waals surface area contributed by atoms with E-state index in [-0.39, 0.29) is 11.7 Å². The molecule has 4 rings (SSSR count). The molecule has 1 amide bonds. The van der Waals surface area contributed by atoms with Crippen LogP contribution in [0.5, 0.6) is 11.5 Å².